The monoisotopic (exact) mass is 331 g/mol. The van der Waals surface area contributed by atoms with Crippen molar-refractivity contribution < 1.29 is 0 Å². The molecule has 0 N–H and O–H groups in total. The smallest absolute Gasteiger partial charge is 0.0403 e. The molecule has 0 aliphatic carbocycles. The Morgan fingerprint density at radius 3 is 2.00 bits per heavy atom. The van der Waals surface area contributed by atoms with Crippen molar-refractivity contribution in [3.63, 3.8) is 0 Å². The molecule has 3 nitrogen and oxygen atoms in total. The van der Waals surface area contributed by atoms with Crippen LogP contribution in [0.1, 0.15) is 36.6 Å². The maximum atomic E-state index is 4.45. The normalized spacial score (nSPS) is 11.4. The molecule has 3 aromatic heterocycles. The van der Waals surface area contributed by atoms with E-state index in [-0.39, 0.29) is 5.41 Å². The third-order valence-corrected chi connectivity index (χ3v) is 4.65. The van der Waals surface area contributed by atoms with Gasteiger partial charge in [-0.3, -0.25) is 15.0 Å². The fourth-order valence-electron chi connectivity index (χ4n) is 3.47. The molecule has 128 valence electrons. The Kier molecular flexibility index (Phi) is 5.89. The highest BCUT2D eigenvalue weighted by Gasteiger charge is 2.25. The summed E-state index contributed by atoms with van der Waals surface area (Å²) in [7, 11) is 0. The summed E-state index contributed by atoms with van der Waals surface area (Å²) < 4.78 is 0. The average molecular weight is 331 g/mol. The van der Waals surface area contributed by atoms with E-state index in [1.54, 1.807) is 0 Å². The highest BCUT2D eigenvalue weighted by Crippen LogP contribution is 2.32. The summed E-state index contributed by atoms with van der Waals surface area (Å²) in [5.74, 6) is 0. The number of pyridine rings is 3. The number of nitrogens with zero attached hydrogens (tertiary/aromatic N) is 3. The maximum absolute atomic E-state index is 4.45. The van der Waals surface area contributed by atoms with E-state index in [1.165, 1.54) is 16.8 Å². The van der Waals surface area contributed by atoms with Crippen LogP contribution in [0.3, 0.4) is 0 Å². The first-order valence-corrected chi connectivity index (χ1v) is 8.91. The van der Waals surface area contributed by atoms with Crippen molar-refractivity contribution in [1.82, 2.24) is 15.0 Å². The second-order valence-corrected chi connectivity index (χ2v) is 7.06. The number of hydrogen-bond donors (Lipinski definition) is 0. The molecule has 0 radical (unpaired) electrons. The third kappa shape index (κ3) is 5.49. The van der Waals surface area contributed by atoms with Gasteiger partial charge in [0.25, 0.3) is 0 Å². The second-order valence-electron chi connectivity index (χ2n) is 7.06. The van der Waals surface area contributed by atoms with Gasteiger partial charge in [-0.25, -0.2) is 0 Å². The Labute approximate surface area is 150 Å². The lowest BCUT2D eigenvalue weighted by Gasteiger charge is -2.30. The summed E-state index contributed by atoms with van der Waals surface area (Å²) in [5, 5.41) is 0. The van der Waals surface area contributed by atoms with Crippen molar-refractivity contribution in [1.29, 1.82) is 0 Å². The standard InChI is InChI=1S/C22H25N3/c1-22(15-19-7-5-12-23-17-19,16-20-8-6-13-24-18-20)11-4-10-21-9-2-3-14-25-21/h2-3,5-9,12-14,17-18H,4,10-11,15-16H2,1H3. The van der Waals surface area contributed by atoms with E-state index in [4.69, 9.17) is 0 Å². The summed E-state index contributed by atoms with van der Waals surface area (Å²) >= 11 is 0. The second kappa shape index (κ2) is 8.52. The Hall–Kier alpha value is -2.55. The fourth-order valence-corrected chi connectivity index (χ4v) is 3.47. The SMILES string of the molecule is CC(CCCc1ccccn1)(Cc1cccnc1)Cc1cccnc1. The zero-order chi connectivity index (χ0) is 17.4. The van der Waals surface area contributed by atoms with Crippen LogP contribution in [0.15, 0.2) is 73.4 Å². The molecule has 3 aromatic rings. The highest BCUT2D eigenvalue weighted by molar-refractivity contribution is 5.16. The van der Waals surface area contributed by atoms with Crippen LogP contribution in [-0.2, 0) is 19.3 Å². The molecule has 3 heterocycles. The van der Waals surface area contributed by atoms with Crippen molar-refractivity contribution in [3.8, 4) is 0 Å². The van der Waals surface area contributed by atoms with E-state index in [0.717, 1.165) is 32.1 Å². The summed E-state index contributed by atoms with van der Waals surface area (Å²) in [4.78, 5) is 13.0. The summed E-state index contributed by atoms with van der Waals surface area (Å²) in [6.07, 6.45) is 14.9. The number of aryl methyl sites for hydroxylation is 1. The lowest BCUT2D eigenvalue weighted by Crippen LogP contribution is -2.23. The first-order chi connectivity index (χ1) is 12.2. The van der Waals surface area contributed by atoms with Crippen LogP contribution >= 0.6 is 0 Å². The van der Waals surface area contributed by atoms with Gasteiger partial charge < -0.3 is 0 Å². The zero-order valence-electron chi connectivity index (χ0n) is 14.8. The Morgan fingerprint density at radius 2 is 1.48 bits per heavy atom. The first kappa shape index (κ1) is 17.3. The van der Waals surface area contributed by atoms with Gasteiger partial charge in [0, 0.05) is 36.7 Å². The van der Waals surface area contributed by atoms with Crippen LogP contribution < -0.4 is 0 Å². The van der Waals surface area contributed by atoms with Crippen LogP contribution in [0, 0.1) is 5.41 Å². The molecule has 0 aliphatic heterocycles. The van der Waals surface area contributed by atoms with Crippen molar-refractivity contribution in [2.24, 2.45) is 5.41 Å². The van der Waals surface area contributed by atoms with Crippen LogP contribution in [0.25, 0.3) is 0 Å². The van der Waals surface area contributed by atoms with Gasteiger partial charge in [-0.2, -0.15) is 0 Å². The Morgan fingerprint density at radius 1 is 0.800 bits per heavy atom. The maximum Gasteiger partial charge on any atom is 0.0403 e. The minimum atomic E-state index is 0.181. The summed E-state index contributed by atoms with van der Waals surface area (Å²) in [6, 6.07) is 14.5. The molecule has 0 bridgehead atoms. The third-order valence-electron chi connectivity index (χ3n) is 4.65. The van der Waals surface area contributed by atoms with Crippen LogP contribution in [0.2, 0.25) is 0 Å². The number of rotatable bonds is 8. The van der Waals surface area contributed by atoms with Gasteiger partial charge in [0.05, 0.1) is 0 Å². The van der Waals surface area contributed by atoms with Gasteiger partial charge in [0.2, 0.25) is 0 Å². The minimum absolute atomic E-state index is 0.181. The average Bonchev–Trinajstić information content (AvgIpc) is 2.64. The van der Waals surface area contributed by atoms with Gasteiger partial charge in [0.15, 0.2) is 0 Å². The van der Waals surface area contributed by atoms with Crippen molar-refractivity contribution >= 4 is 0 Å². The molecule has 0 spiro atoms. The molecular weight excluding hydrogens is 306 g/mol. The van der Waals surface area contributed by atoms with Crippen LogP contribution in [0.4, 0.5) is 0 Å². The van der Waals surface area contributed by atoms with E-state index in [2.05, 4.69) is 46.1 Å². The lowest BCUT2D eigenvalue weighted by molar-refractivity contribution is 0.283. The molecule has 3 rings (SSSR count). The molecule has 0 saturated carbocycles. The zero-order valence-corrected chi connectivity index (χ0v) is 14.8. The van der Waals surface area contributed by atoms with E-state index in [9.17, 15) is 0 Å². The van der Waals surface area contributed by atoms with E-state index in [0.29, 0.717) is 0 Å². The number of hydrogen-bond acceptors (Lipinski definition) is 3. The molecule has 0 unspecified atom stereocenters. The Bertz CT molecular complexity index is 701. The van der Waals surface area contributed by atoms with Gasteiger partial charge in [-0.15, -0.1) is 0 Å². The minimum Gasteiger partial charge on any atom is -0.264 e. The molecule has 0 aromatic carbocycles. The number of aromatic nitrogens is 3. The molecule has 0 fully saturated rings. The lowest BCUT2D eigenvalue weighted by atomic mass is 9.75. The van der Waals surface area contributed by atoms with Gasteiger partial charge >= 0.3 is 0 Å². The van der Waals surface area contributed by atoms with E-state index >= 15 is 0 Å². The molecule has 0 aliphatic rings. The molecule has 0 amide bonds. The molecule has 3 heteroatoms. The van der Waals surface area contributed by atoms with Crippen molar-refractivity contribution in [2.75, 3.05) is 0 Å². The fraction of sp³-hybridized carbons (Fsp3) is 0.318. The van der Waals surface area contributed by atoms with Crippen molar-refractivity contribution in [2.45, 2.75) is 39.0 Å². The van der Waals surface area contributed by atoms with Crippen LogP contribution in [0.5, 0.6) is 0 Å². The molecule has 25 heavy (non-hydrogen) atoms. The van der Waals surface area contributed by atoms with Gasteiger partial charge in [-0.1, -0.05) is 25.1 Å². The summed E-state index contributed by atoms with van der Waals surface area (Å²) in [6.45, 7) is 2.38. The van der Waals surface area contributed by atoms with E-state index < -0.39 is 0 Å². The molecule has 0 saturated heterocycles. The van der Waals surface area contributed by atoms with Crippen LogP contribution in [-0.4, -0.2) is 15.0 Å². The summed E-state index contributed by atoms with van der Waals surface area (Å²) in [5.41, 5.74) is 3.95. The predicted molar refractivity (Wildman–Crippen MR) is 101 cm³/mol. The molecular formula is C22H25N3. The largest absolute Gasteiger partial charge is 0.264 e. The Balaban J connectivity index is 1.69. The first-order valence-electron chi connectivity index (χ1n) is 8.91. The van der Waals surface area contributed by atoms with Gasteiger partial charge in [0.1, 0.15) is 0 Å². The highest BCUT2D eigenvalue weighted by atomic mass is 14.7. The quantitative estimate of drug-likeness (QED) is 0.601. The topological polar surface area (TPSA) is 38.7 Å². The van der Waals surface area contributed by atoms with E-state index in [1.807, 2.05) is 49.2 Å². The molecule has 0 atom stereocenters. The van der Waals surface area contributed by atoms with Crippen molar-refractivity contribution in [3.05, 3.63) is 90.3 Å². The van der Waals surface area contributed by atoms with Gasteiger partial charge in [-0.05, 0) is 72.9 Å². The predicted octanol–water partition coefficient (Wildman–Crippen LogP) is 4.69.